The van der Waals surface area contributed by atoms with Gasteiger partial charge in [-0.05, 0) is 37.5 Å². The molecule has 0 saturated carbocycles. The molecule has 32 heavy (non-hydrogen) atoms. The number of nitrogen functional groups attached to an aromatic ring is 1. The molecular formula is C20H31BN6O5. The van der Waals surface area contributed by atoms with Gasteiger partial charge in [-0.3, -0.25) is 9.78 Å². The highest BCUT2D eigenvalue weighted by atomic mass is 16.4. The second-order valence-corrected chi connectivity index (χ2v) is 8.43. The molecule has 2 aromatic heterocycles. The summed E-state index contributed by atoms with van der Waals surface area (Å²) in [5.41, 5.74) is 6.54. The first kappa shape index (κ1) is 24.0. The van der Waals surface area contributed by atoms with Crippen molar-refractivity contribution in [2.24, 2.45) is 5.92 Å². The number of nitrogens with one attached hydrogen (secondary N) is 3. The van der Waals surface area contributed by atoms with Crippen LogP contribution in [0.15, 0.2) is 9.59 Å². The largest absolute Gasteiger partial charge is 0.508 e. The van der Waals surface area contributed by atoms with Gasteiger partial charge < -0.3 is 31.2 Å². The molecule has 174 valence electrons. The van der Waals surface area contributed by atoms with E-state index in [1.165, 1.54) is 0 Å². The fourth-order valence-corrected chi connectivity index (χ4v) is 4.45. The lowest BCUT2D eigenvalue weighted by Crippen LogP contribution is -2.41. The standard InChI is InChI=1S/C20H31BN6O5/c1-11(5-6-13-16(21(31)32)25-19(22)27-18(13)29)3-2-4-12-7-9-23-17-15(12)14(8-10-28)24-20(30)26-17/h11-12,28,31-32H,2-10H2,1H3,(H3,22,25,27,29)(H2,23,24,26,30). The van der Waals surface area contributed by atoms with E-state index in [2.05, 4.69) is 32.2 Å². The molecule has 2 atom stereocenters. The normalized spacial score (nSPS) is 16.3. The SMILES string of the molecule is CC(CCCC1CCNc2nc(=O)[nH]c(CCO)c21)CCc1c(B(O)O)nc(N)[nH]c1=O. The van der Waals surface area contributed by atoms with Crippen molar-refractivity contribution >= 4 is 24.5 Å². The predicted octanol–water partition coefficient (Wildman–Crippen LogP) is -1.01. The van der Waals surface area contributed by atoms with Gasteiger partial charge in [-0.15, -0.1) is 0 Å². The quantitative estimate of drug-likeness (QED) is 0.224. The number of aliphatic hydroxyl groups is 1. The van der Waals surface area contributed by atoms with Gasteiger partial charge in [0.05, 0.1) is 5.59 Å². The van der Waals surface area contributed by atoms with E-state index in [-0.39, 0.29) is 29.6 Å². The molecule has 0 spiro atoms. The Morgan fingerprint density at radius 1 is 1.19 bits per heavy atom. The van der Waals surface area contributed by atoms with E-state index in [1.807, 2.05) is 0 Å². The van der Waals surface area contributed by atoms with E-state index in [0.717, 1.165) is 43.5 Å². The number of anilines is 2. The molecule has 3 heterocycles. The summed E-state index contributed by atoms with van der Waals surface area (Å²) in [6.45, 7) is 2.81. The summed E-state index contributed by atoms with van der Waals surface area (Å²) < 4.78 is 0. The van der Waals surface area contributed by atoms with Crippen molar-refractivity contribution in [3.63, 3.8) is 0 Å². The molecule has 1 aliphatic heterocycles. The molecule has 0 radical (unpaired) electrons. The molecule has 0 saturated heterocycles. The number of rotatable bonds is 10. The highest BCUT2D eigenvalue weighted by Gasteiger charge is 2.25. The lowest BCUT2D eigenvalue weighted by atomic mass is 9.80. The van der Waals surface area contributed by atoms with Gasteiger partial charge in [-0.1, -0.05) is 19.8 Å². The third kappa shape index (κ3) is 5.75. The lowest BCUT2D eigenvalue weighted by molar-refractivity contribution is 0.297. The third-order valence-electron chi connectivity index (χ3n) is 6.05. The number of hydrogen-bond donors (Lipinski definition) is 7. The Hall–Kier alpha value is -2.70. The number of aromatic nitrogens is 4. The lowest BCUT2D eigenvalue weighted by Gasteiger charge is -2.28. The number of hydrogen-bond acceptors (Lipinski definition) is 9. The summed E-state index contributed by atoms with van der Waals surface area (Å²) >= 11 is 0. The molecule has 11 nitrogen and oxygen atoms in total. The van der Waals surface area contributed by atoms with Crippen LogP contribution in [-0.4, -0.2) is 55.4 Å². The number of aliphatic hydroxyl groups excluding tert-OH is 1. The van der Waals surface area contributed by atoms with E-state index in [0.29, 0.717) is 31.0 Å². The van der Waals surface area contributed by atoms with Crippen LogP contribution in [0.4, 0.5) is 11.8 Å². The van der Waals surface area contributed by atoms with Crippen LogP contribution in [0.5, 0.6) is 0 Å². The molecule has 0 amide bonds. The molecule has 1 aliphatic rings. The third-order valence-corrected chi connectivity index (χ3v) is 6.05. The smallest absolute Gasteiger partial charge is 0.422 e. The highest BCUT2D eigenvalue weighted by Crippen LogP contribution is 2.35. The average molecular weight is 446 g/mol. The molecule has 3 rings (SSSR count). The number of fused-ring (bicyclic) bond motifs is 1. The van der Waals surface area contributed by atoms with Crippen molar-refractivity contribution in [3.8, 4) is 0 Å². The first-order valence-corrected chi connectivity index (χ1v) is 11.0. The van der Waals surface area contributed by atoms with Crippen molar-refractivity contribution in [1.29, 1.82) is 0 Å². The van der Waals surface area contributed by atoms with Crippen molar-refractivity contribution in [3.05, 3.63) is 37.7 Å². The second kappa shape index (κ2) is 10.8. The maximum Gasteiger partial charge on any atom is 0.508 e. The summed E-state index contributed by atoms with van der Waals surface area (Å²) in [5, 5.41) is 31.5. The Kier molecular flexibility index (Phi) is 8.05. The Morgan fingerprint density at radius 3 is 2.69 bits per heavy atom. The summed E-state index contributed by atoms with van der Waals surface area (Å²) in [6, 6.07) is 0. The maximum atomic E-state index is 12.2. The fourth-order valence-electron chi connectivity index (χ4n) is 4.45. The molecule has 8 N–H and O–H groups in total. The molecule has 0 aromatic carbocycles. The Morgan fingerprint density at radius 2 is 1.97 bits per heavy atom. The zero-order chi connectivity index (χ0) is 23.3. The number of aromatic amines is 2. The van der Waals surface area contributed by atoms with Gasteiger partial charge in [-0.25, -0.2) is 9.78 Å². The fraction of sp³-hybridized carbons (Fsp3) is 0.600. The summed E-state index contributed by atoms with van der Waals surface area (Å²) in [7, 11) is -1.85. The van der Waals surface area contributed by atoms with Gasteiger partial charge in [0.25, 0.3) is 5.56 Å². The van der Waals surface area contributed by atoms with Crippen LogP contribution < -0.4 is 27.9 Å². The van der Waals surface area contributed by atoms with E-state index >= 15 is 0 Å². The predicted molar refractivity (Wildman–Crippen MR) is 122 cm³/mol. The van der Waals surface area contributed by atoms with Crippen LogP contribution in [0.3, 0.4) is 0 Å². The van der Waals surface area contributed by atoms with Crippen LogP contribution >= 0.6 is 0 Å². The summed E-state index contributed by atoms with van der Waals surface area (Å²) in [4.78, 5) is 37.1. The number of nitrogens with two attached hydrogens (primary N) is 1. The Labute approximate surface area is 185 Å². The van der Waals surface area contributed by atoms with Gasteiger partial charge >= 0.3 is 12.8 Å². The maximum absolute atomic E-state index is 12.2. The minimum absolute atomic E-state index is 0.0419. The van der Waals surface area contributed by atoms with Gasteiger partial charge in [-0.2, -0.15) is 4.98 Å². The molecule has 0 aliphatic carbocycles. The summed E-state index contributed by atoms with van der Waals surface area (Å²) in [5.74, 6) is 1.03. The van der Waals surface area contributed by atoms with E-state index in [9.17, 15) is 24.7 Å². The molecule has 0 bridgehead atoms. The Bertz CT molecular complexity index is 1040. The van der Waals surface area contributed by atoms with Gasteiger partial charge in [0.2, 0.25) is 0 Å². The topological polar surface area (TPSA) is 190 Å². The van der Waals surface area contributed by atoms with Gasteiger partial charge in [0, 0.05) is 36.4 Å². The minimum Gasteiger partial charge on any atom is -0.422 e. The number of H-pyrrole nitrogens is 2. The van der Waals surface area contributed by atoms with Crippen molar-refractivity contribution < 1.29 is 15.2 Å². The van der Waals surface area contributed by atoms with Gasteiger partial charge in [0.15, 0.2) is 5.95 Å². The highest BCUT2D eigenvalue weighted by molar-refractivity contribution is 6.58. The zero-order valence-corrected chi connectivity index (χ0v) is 18.2. The first-order valence-electron chi connectivity index (χ1n) is 11.0. The molecule has 12 heteroatoms. The van der Waals surface area contributed by atoms with Crippen LogP contribution in [0, 0.1) is 5.92 Å². The van der Waals surface area contributed by atoms with Crippen molar-refractivity contribution in [2.45, 2.75) is 57.8 Å². The molecular weight excluding hydrogens is 415 g/mol. The molecule has 2 unspecified atom stereocenters. The zero-order valence-electron chi connectivity index (χ0n) is 18.2. The van der Waals surface area contributed by atoms with Crippen LogP contribution in [-0.2, 0) is 12.8 Å². The van der Waals surface area contributed by atoms with Crippen LogP contribution in [0.25, 0.3) is 0 Å². The summed E-state index contributed by atoms with van der Waals surface area (Å²) in [6.07, 6.45) is 5.20. The average Bonchev–Trinajstić information content (AvgIpc) is 2.72. The van der Waals surface area contributed by atoms with Gasteiger partial charge in [0.1, 0.15) is 5.82 Å². The monoisotopic (exact) mass is 446 g/mol. The van der Waals surface area contributed by atoms with E-state index in [4.69, 9.17) is 5.73 Å². The van der Waals surface area contributed by atoms with Crippen LogP contribution in [0.2, 0.25) is 0 Å². The van der Waals surface area contributed by atoms with Crippen molar-refractivity contribution in [2.75, 3.05) is 24.2 Å². The molecule has 0 fully saturated rings. The van der Waals surface area contributed by atoms with Crippen LogP contribution in [0.1, 0.15) is 61.8 Å². The Balaban J connectivity index is 1.59. The number of nitrogens with zero attached hydrogens (tertiary/aromatic N) is 2. The van der Waals surface area contributed by atoms with Crippen molar-refractivity contribution in [1.82, 2.24) is 19.9 Å². The molecule has 2 aromatic rings. The van der Waals surface area contributed by atoms with E-state index in [1.54, 1.807) is 0 Å². The second-order valence-electron chi connectivity index (χ2n) is 8.43. The first-order chi connectivity index (χ1) is 15.3. The minimum atomic E-state index is -1.85. The van der Waals surface area contributed by atoms with E-state index < -0.39 is 18.4 Å².